The first kappa shape index (κ1) is 30.1. The SMILES string of the molecule is COC[C@H]1O[C@H](OCc2ccc(Cl)cc2)[C@H](NC(=O)CCCN=C(N)N)[C@@H](OCc2ccc(Cl)cc2)[C@@H]1O. The first-order valence-corrected chi connectivity index (χ1v) is 12.9. The average molecular weight is 569 g/mol. The Bertz CT molecular complexity index is 1040. The second-order valence-corrected chi connectivity index (χ2v) is 9.70. The molecule has 0 aromatic heterocycles. The molecule has 0 unspecified atom stereocenters. The van der Waals surface area contributed by atoms with Crippen molar-refractivity contribution in [1.29, 1.82) is 0 Å². The highest BCUT2D eigenvalue weighted by Crippen LogP contribution is 2.27. The highest BCUT2D eigenvalue weighted by molar-refractivity contribution is 6.30. The fourth-order valence-electron chi connectivity index (χ4n) is 3.95. The summed E-state index contributed by atoms with van der Waals surface area (Å²) in [6.45, 7) is 0.752. The number of ether oxygens (including phenoxy) is 4. The summed E-state index contributed by atoms with van der Waals surface area (Å²) in [6.07, 6.45) is -3.08. The third-order valence-electron chi connectivity index (χ3n) is 5.87. The molecule has 2 aromatic carbocycles. The molecular formula is C26H34Cl2N4O6. The van der Waals surface area contributed by atoms with E-state index in [2.05, 4.69) is 10.3 Å². The van der Waals surface area contributed by atoms with Crippen molar-refractivity contribution in [2.75, 3.05) is 20.3 Å². The zero-order valence-corrected chi connectivity index (χ0v) is 22.6. The van der Waals surface area contributed by atoms with Crippen LogP contribution in [-0.2, 0) is 37.0 Å². The molecule has 1 aliphatic rings. The lowest BCUT2D eigenvalue weighted by molar-refractivity contribution is -0.282. The number of halogens is 2. The van der Waals surface area contributed by atoms with Gasteiger partial charge in [-0.2, -0.15) is 0 Å². The lowest BCUT2D eigenvalue weighted by Gasteiger charge is -2.44. The van der Waals surface area contributed by atoms with Crippen molar-refractivity contribution >= 4 is 35.1 Å². The smallest absolute Gasteiger partial charge is 0.220 e. The number of carbonyl (C=O) groups excluding carboxylic acids is 1. The number of guanidine groups is 1. The highest BCUT2D eigenvalue weighted by atomic mass is 35.5. The molecule has 0 aliphatic carbocycles. The predicted octanol–water partition coefficient (Wildman–Crippen LogP) is 2.37. The number of benzene rings is 2. The van der Waals surface area contributed by atoms with Gasteiger partial charge in [-0.15, -0.1) is 0 Å². The van der Waals surface area contributed by atoms with E-state index >= 15 is 0 Å². The quantitative estimate of drug-likeness (QED) is 0.163. The van der Waals surface area contributed by atoms with Crippen LogP contribution in [0.4, 0.5) is 0 Å². The van der Waals surface area contributed by atoms with Crippen molar-refractivity contribution in [2.45, 2.75) is 56.7 Å². The van der Waals surface area contributed by atoms with E-state index in [9.17, 15) is 9.90 Å². The molecule has 0 bridgehead atoms. The molecule has 1 amide bonds. The zero-order chi connectivity index (χ0) is 27.5. The van der Waals surface area contributed by atoms with Crippen molar-refractivity contribution in [3.63, 3.8) is 0 Å². The Morgan fingerprint density at radius 2 is 1.61 bits per heavy atom. The molecule has 1 aliphatic heterocycles. The van der Waals surface area contributed by atoms with Gasteiger partial charge >= 0.3 is 0 Å². The van der Waals surface area contributed by atoms with E-state index in [1.165, 1.54) is 7.11 Å². The first-order valence-electron chi connectivity index (χ1n) is 12.2. The Hall–Kier alpha value is -2.44. The van der Waals surface area contributed by atoms with Crippen LogP contribution < -0.4 is 16.8 Å². The molecule has 0 radical (unpaired) electrons. The van der Waals surface area contributed by atoms with E-state index in [1.807, 2.05) is 24.3 Å². The summed E-state index contributed by atoms with van der Waals surface area (Å²) in [5.74, 6) is -0.327. The third kappa shape index (κ3) is 9.39. The van der Waals surface area contributed by atoms with Gasteiger partial charge in [-0.25, -0.2) is 0 Å². The molecule has 6 N–H and O–H groups in total. The molecule has 208 valence electrons. The molecule has 38 heavy (non-hydrogen) atoms. The van der Waals surface area contributed by atoms with Crippen molar-refractivity contribution in [2.24, 2.45) is 16.5 Å². The van der Waals surface area contributed by atoms with Gasteiger partial charge in [0.25, 0.3) is 0 Å². The van der Waals surface area contributed by atoms with Gasteiger partial charge in [0.1, 0.15) is 24.4 Å². The van der Waals surface area contributed by atoms with Crippen molar-refractivity contribution in [3.8, 4) is 0 Å². The third-order valence-corrected chi connectivity index (χ3v) is 6.38. The second kappa shape index (κ2) is 15.2. The van der Waals surface area contributed by atoms with E-state index < -0.39 is 30.6 Å². The summed E-state index contributed by atoms with van der Waals surface area (Å²) in [5.41, 5.74) is 12.4. The predicted molar refractivity (Wildman–Crippen MR) is 145 cm³/mol. The number of hydrogen-bond donors (Lipinski definition) is 4. The van der Waals surface area contributed by atoms with Crippen molar-refractivity contribution in [3.05, 3.63) is 69.7 Å². The highest BCUT2D eigenvalue weighted by Gasteiger charge is 2.47. The van der Waals surface area contributed by atoms with Crippen LogP contribution in [-0.4, -0.2) is 67.9 Å². The van der Waals surface area contributed by atoms with Crippen LogP contribution in [0.5, 0.6) is 0 Å². The van der Waals surface area contributed by atoms with Crippen LogP contribution in [0.2, 0.25) is 10.0 Å². The van der Waals surface area contributed by atoms with E-state index in [1.54, 1.807) is 24.3 Å². The molecule has 3 rings (SSSR count). The fourth-order valence-corrected chi connectivity index (χ4v) is 4.20. The summed E-state index contributed by atoms with van der Waals surface area (Å²) >= 11 is 12.0. The molecule has 0 saturated carbocycles. The standard InChI is InChI=1S/C26H34Cl2N4O6/c1-35-15-20-23(34)24(36-13-16-4-8-18(27)9-5-16)22(32-21(33)3-2-12-31-26(29)30)25(38-20)37-14-17-6-10-19(28)11-7-17/h4-11,20,22-25,34H,2-3,12-15H2,1H3,(H,32,33)(H4,29,30,31)/t20-,22-,23-,24-,25+/m1/s1. The second-order valence-electron chi connectivity index (χ2n) is 8.83. The Balaban J connectivity index is 1.78. The normalized spacial score (nSPS) is 23.1. The minimum absolute atomic E-state index is 0.0373. The number of aliphatic hydroxyl groups excluding tert-OH is 1. The molecule has 5 atom stereocenters. The molecule has 1 saturated heterocycles. The molecule has 2 aromatic rings. The number of nitrogens with zero attached hydrogens (tertiary/aromatic N) is 1. The van der Waals surface area contributed by atoms with Crippen LogP contribution in [0.15, 0.2) is 53.5 Å². The number of nitrogens with one attached hydrogen (secondary N) is 1. The van der Waals surface area contributed by atoms with E-state index in [0.29, 0.717) is 23.0 Å². The van der Waals surface area contributed by atoms with E-state index in [-0.39, 0.29) is 38.1 Å². The van der Waals surface area contributed by atoms with Gasteiger partial charge in [-0.1, -0.05) is 47.5 Å². The maximum atomic E-state index is 12.9. The van der Waals surface area contributed by atoms with Gasteiger partial charge in [-0.3, -0.25) is 9.79 Å². The molecule has 0 spiro atoms. The Labute approximate surface area is 232 Å². The molecule has 12 heteroatoms. The van der Waals surface area contributed by atoms with Gasteiger partial charge < -0.3 is 40.8 Å². The minimum Gasteiger partial charge on any atom is -0.388 e. The number of aliphatic hydroxyl groups is 1. The Kier molecular flexibility index (Phi) is 12.1. The lowest BCUT2D eigenvalue weighted by atomic mass is 9.96. The van der Waals surface area contributed by atoms with Gasteiger partial charge in [0.2, 0.25) is 5.91 Å². The average Bonchev–Trinajstić information content (AvgIpc) is 2.89. The number of nitrogens with two attached hydrogens (primary N) is 2. The van der Waals surface area contributed by atoms with Crippen LogP contribution in [0.25, 0.3) is 0 Å². The topological polar surface area (TPSA) is 151 Å². The maximum Gasteiger partial charge on any atom is 0.220 e. The van der Waals surface area contributed by atoms with Crippen LogP contribution >= 0.6 is 23.2 Å². The molecule has 1 heterocycles. The summed E-state index contributed by atoms with van der Waals surface area (Å²) < 4.78 is 23.6. The van der Waals surface area contributed by atoms with Gasteiger partial charge in [-0.05, 0) is 41.8 Å². The van der Waals surface area contributed by atoms with Crippen molar-refractivity contribution < 1.29 is 28.8 Å². The Morgan fingerprint density at radius 3 is 2.16 bits per heavy atom. The number of methoxy groups -OCH3 is 1. The van der Waals surface area contributed by atoms with E-state index in [0.717, 1.165) is 11.1 Å². The van der Waals surface area contributed by atoms with Gasteiger partial charge in [0.15, 0.2) is 12.2 Å². The van der Waals surface area contributed by atoms with Crippen LogP contribution in [0.1, 0.15) is 24.0 Å². The molecular weight excluding hydrogens is 535 g/mol. The monoisotopic (exact) mass is 568 g/mol. The summed E-state index contributed by atoms with van der Waals surface area (Å²) in [5, 5.41) is 15.3. The van der Waals surface area contributed by atoms with Crippen LogP contribution in [0.3, 0.4) is 0 Å². The van der Waals surface area contributed by atoms with Gasteiger partial charge in [0, 0.05) is 30.1 Å². The lowest BCUT2D eigenvalue weighted by Crippen LogP contribution is -2.65. The summed E-state index contributed by atoms with van der Waals surface area (Å²) in [7, 11) is 1.51. The molecule has 1 fully saturated rings. The summed E-state index contributed by atoms with van der Waals surface area (Å²) in [6, 6.07) is 13.5. The number of amides is 1. The number of carbonyl (C=O) groups is 1. The number of aliphatic imine (C=N–C) groups is 1. The van der Waals surface area contributed by atoms with E-state index in [4.69, 9.17) is 53.6 Å². The van der Waals surface area contributed by atoms with Crippen LogP contribution in [0, 0.1) is 0 Å². The zero-order valence-electron chi connectivity index (χ0n) is 21.1. The largest absolute Gasteiger partial charge is 0.388 e. The molecule has 10 nitrogen and oxygen atoms in total. The Morgan fingerprint density at radius 1 is 1.03 bits per heavy atom. The number of rotatable bonds is 13. The maximum absolute atomic E-state index is 12.9. The van der Waals surface area contributed by atoms with Gasteiger partial charge in [0.05, 0.1) is 19.8 Å². The van der Waals surface area contributed by atoms with Crippen molar-refractivity contribution in [1.82, 2.24) is 5.32 Å². The minimum atomic E-state index is -1.11. The number of hydrogen-bond acceptors (Lipinski definition) is 7. The fraction of sp³-hybridized carbons (Fsp3) is 0.462. The first-order chi connectivity index (χ1) is 18.3. The summed E-state index contributed by atoms with van der Waals surface area (Å²) in [4.78, 5) is 16.8.